The molecule has 0 saturated heterocycles. The number of benzene rings is 1. The average Bonchev–Trinajstić information content (AvgIpc) is 2.10. The van der Waals surface area contributed by atoms with Gasteiger partial charge in [-0.1, -0.05) is 11.6 Å². The van der Waals surface area contributed by atoms with Crippen LogP contribution in [0.25, 0.3) is 0 Å². The van der Waals surface area contributed by atoms with Gasteiger partial charge in [-0.05, 0) is 6.07 Å². The fourth-order valence-electron chi connectivity index (χ4n) is 0.969. The smallest absolute Gasteiger partial charge is 0.342 e. The van der Waals surface area contributed by atoms with Gasteiger partial charge in [0.05, 0.1) is 12.1 Å². The van der Waals surface area contributed by atoms with E-state index in [4.69, 9.17) is 16.7 Å². The second-order valence-corrected chi connectivity index (χ2v) is 2.77. The molecule has 6 heteroatoms. The van der Waals surface area contributed by atoms with E-state index in [1.165, 1.54) is 0 Å². The number of halogens is 3. The Kier molecular flexibility index (Phi) is 2.90. The van der Waals surface area contributed by atoms with Crippen LogP contribution in [0.1, 0.15) is 10.4 Å². The molecular formula is C8H5ClF2O3. The Morgan fingerprint density at radius 1 is 1.57 bits per heavy atom. The number of ether oxygens (including phenoxy) is 1. The van der Waals surface area contributed by atoms with Gasteiger partial charge in [-0.3, -0.25) is 0 Å². The summed E-state index contributed by atoms with van der Waals surface area (Å²) in [4.78, 5) is 10.6. The molecule has 0 saturated carbocycles. The number of carboxylic acids is 1. The van der Waals surface area contributed by atoms with Crippen molar-refractivity contribution in [3.05, 3.63) is 28.3 Å². The number of methoxy groups -OCH3 is 1. The normalized spacial score (nSPS) is 10.0. The summed E-state index contributed by atoms with van der Waals surface area (Å²) >= 11 is 5.46. The van der Waals surface area contributed by atoms with E-state index in [1.54, 1.807) is 0 Å². The summed E-state index contributed by atoms with van der Waals surface area (Å²) in [6.07, 6.45) is 0. The third kappa shape index (κ3) is 1.63. The van der Waals surface area contributed by atoms with Crippen LogP contribution in [0.15, 0.2) is 6.07 Å². The van der Waals surface area contributed by atoms with E-state index in [9.17, 15) is 13.6 Å². The Balaban J connectivity index is 3.56. The molecule has 0 aromatic heterocycles. The molecule has 0 fully saturated rings. The molecule has 76 valence electrons. The van der Waals surface area contributed by atoms with Gasteiger partial charge in [0, 0.05) is 0 Å². The molecule has 1 aromatic carbocycles. The molecule has 1 aromatic rings. The fourth-order valence-corrected chi connectivity index (χ4v) is 1.24. The van der Waals surface area contributed by atoms with Crippen molar-refractivity contribution in [2.45, 2.75) is 0 Å². The van der Waals surface area contributed by atoms with Gasteiger partial charge in [0.2, 0.25) is 0 Å². The lowest BCUT2D eigenvalue weighted by molar-refractivity contribution is 0.0686. The molecule has 0 amide bonds. The third-order valence-corrected chi connectivity index (χ3v) is 1.83. The van der Waals surface area contributed by atoms with Crippen molar-refractivity contribution in [3.8, 4) is 5.75 Å². The third-order valence-electron chi connectivity index (χ3n) is 1.54. The summed E-state index contributed by atoms with van der Waals surface area (Å²) in [5.41, 5.74) is -0.905. The van der Waals surface area contributed by atoms with Crippen LogP contribution >= 0.6 is 11.6 Å². The predicted molar refractivity (Wildman–Crippen MR) is 44.9 cm³/mol. The molecule has 0 radical (unpaired) electrons. The van der Waals surface area contributed by atoms with Crippen LogP contribution in [0.4, 0.5) is 8.78 Å². The largest absolute Gasteiger partial charge is 0.494 e. The maximum atomic E-state index is 13.0. The van der Waals surface area contributed by atoms with E-state index in [1.807, 2.05) is 0 Å². The number of hydrogen-bond acceptors (Lipinski definition) is 2. The lowest BCUT2D eigenvalue weighted by atomic mass is 10.2. The standard InChI is InChI=1S/C8H5ClF2O3/c1-14-7-3(9)2-4(10)6(11)5(7)8(12)13/h2H,1H3,(H,12,13). The molecule has 0 atom stereocenters. The number of hydrogen-bond donors (Lipinski definition) is 1. The van der Waals surface area contributed by atoms with Crippen LogP contribution in [-0.2, 0) is 0 Å². The Morgan fingerprint density at radius 2 is 2.14 bits per heavy atom. The first kappa shape index (κ1) is 10.7. The van der Waals surface area contributed by atoms with Crippen LogP contribution in [-0.4, -0.2) is 18.2 Å². The first-order chi connectivity index (χ1) is 6.49. The molecule has 3 nitrogen and oxygen atoms in total. The van der Waals surface area contributed by atoms with Gasteiger partial charge in [-0.2, -0.15) is 0 Å². The summed E-state index contributed by atoms with van der Waals surface area (Å²) in [6.45, 7) is 0. The topological polar surface area (TPSA) is 46.5 Å². The van der Waals surface area contributed by atoms with Gasteiger partial charge >= 0.3 is 5.97 Å². The fraction of sp³-hybridized carbons (Fsp3) is 0.125. The predicted octanol–water partition coefficient (Wildman–Crippen LogP) is 2.33. The van der Waals surface area contributed by atoms with Crippen molar-refractivity contribution in [2.75, 3.05) is 7.11 Å². The zero-order valence-corrected chi connectivity index (χ0v) is 7.73. The second kappa shape index (κ2) is 3.79. The van der Waals surface area contributed by atoms with Gasteiger partial charge in [0.1, 0.15) is 5.56 Å². The first-order valence-corrected chi connectivity index (χ1v) is 3.81. The molecule has 1 rings (SSSR count). The van der Waals surface area contributed by atoms with Crippen molar-refractivity contribution in [2.24, 2.45) is 0 Å². The summed E-state index contributed by atoms with van der Waals surface area (Å²) in [5, 5.41) is 8.29. The number of aromatic carboxylic acids is 1. The number of carbonyl (C=O) groups is 1. The summed E-state index contributed by atoms with van der Waals surface area (Å²) in [7, 11) is 1.12. The molecule has 0 aliphatic rings. The Bertz CT molecular complexity index is 393. The summed E-state index contributed by atoms with van der Waals surface area (Å²) < 4.78 is 30.3. The Morgan fingerprint density at radius 3 is 2.57 bits per heavy atom. The Labute approximate surface area is 82.9 Å². The summed E-state index contributed by atoms with van der Waals surface area (Å²) in [6, 6.07) is 0.655. The van der Waals surface area contributed by atoms with E-state index in [2.05, 4.69) is 4.74 Å². The van der Waals surface area contributed by atoms with Crippen LogP contribution in [0.3, 0.4) is 0 Å². The molecule has 14 heavy (non-hydrogen) atoms. The summed E-state index contributed by atoms with van der Waals surface area (Å²) in [5.74, 6) is -4.84. The van der Waals surface area contributed by atoms with Gasteiger partial charge in [0.25, 0.3) is 0 Å². The average molecular weight is 223 g/mol. The Hall–Kier alpha value is -1.36. The minimum absolute atomic E-state index is 0.288. The van der Waals surface area contributed by atoms with E-state index >= 15 is 0 Å². The highest BCUT2D eigenvalue weighted by atomic mass is 35.5. The van der Waals surface area contributed by atoms with Gasteiger partial charge in [-0.25, -0.2) is 13.6 Å². The lowest BCUT2D eigenvalue weighted by Gasteiger charge is -2.08. The van der Waals surface area contributed by atoms with Crippen LogP contribution in [0.5, 0.6) is 5.75 Å². The molecule has 0 spiro atoms. The van der Waals surface area contributed by atoms with Crippen molar-refractivity contribution in [1.29, 1.82) is 0 Å². The van der Waals surface area contributed by atoms with Crippen molar-refractivity contribution < 1.29 is 23.4 Å². The highest BCUT2D eigenvalue weighted by Gasteiger charge is 2.23. The molecule has 0 unspecified atom stereocenters. The first-order valence-electron chi connectivity index (χ1n) is 3.43. The molecule has 0 aliphatic carbocycles. The lowest BCUT2D eigenvalue weighted by Crippen LogP contribution is -2.06. The van der Waals surface area contributed by atoms with Crippen LogP contribution in [0, 0.1) is 11.6 Å². The van der Waals surface area contributed by atoms with Gasteiger partial charge in [-0.15, -0.1) is 0 Å². The zero-order chi connectivity index (χ0) is 10.9. The highest BCUT2D eigenvalue weighted by molar-refractivity contribution is 6.32. The van der Waals surface area contributed by atoms with Crippen molar-refractivity contribution >= 4 is 17.6 Å². The van der Waals surface area contributed by atoms with Crippen LogP contribution in [0.2, 0.25) is 5.02 Å². The van der Waals surface area contributed by atoms with Crippen molar-refractivity contribution in [3.63, 3.8) is 0 Å². The molecule has 0 aliphatic heterocycles. The maximum Gasteiger partial charge on any atom is 0.342 e. The minimum atomic E-state index is -1.64. The highest BCUT2D eigenvalue weighted by Crippen LogP contribution is 2.32. The zero-order valence-electron chi connectivity index (χ0n) is 6.97. The van der Waals surface area contributed by atoms with Crippen molar-refractivity contribution in [1.82, 2.24) is 0 Å². The molecule has 0 heterocycles. The monoisotopic (exact) mass is 222 g/mol. The minimum Gasteiger partial charge on any atom is -0.494 e. The maximum absolute atomic E-state index is 13.0. The van der Waals surface area contributed by atoms with E-state index in [0.29, 0.717) is 6.07 Å². The molecular weight excluding hydrogens is 218 g/mol. The van der Waals surface area contributed by atoms with Gasteiger partial charge < -0.3 is 9.84 Å². The van der Waals surface area contributed by atoms with E-state index < -0.39 is 28.9 Å². The molecule has 0 bridgehead atoms. The van der Waals surface area contributed by atoms with E-state index in [-0.39, 0.29) is 5.02 Å². The van der Waals surface area contributed by atoms with Crippen LogP contribution < -0.4 is 4.74 Å². The second-order valence-electron chi connectivity index (χ2n) is 2.37. The number of rotatable bonds is 2. The quantitative estimate of drug-likeness (QED) is 0.782. The number of carboxylic acid groups (broad SMARTS) is 1. The van der Waals surface area contributed by atoms with Gasteiger partial charge in [0.15, 0.2) is 17.4 Å². The SMILES string of the molecule is COc1c(Cl)cc(F)c(F)c1C(=O)O. The van der Waals surface area contributed by atoms with E-state index in [0.717, 1.165) is 7.11 Å². The molecule has 1 N–H and O–H groups in total.